The number of aromatic nitrogens is 2. The molecule has 1 aliphatic heterocycles. The molecular weight excluding hydrogens is 414 g/mol. The molecule has 0 saturated carbocycles. The van der Waals surface area contributed by atoms with Gasteiger partial charge in [-0.3, -0.25) is 9.69 Å². The van der Waals surface area contributed by atoms with Gasteiger partial charge in [-0.15, -0.1) is 0 Å². The maximum absolute atomic E-state index is 14.0. The summed E-state index contributed by atoms with van der Waals surface area (Å²) in [6.45, 7) is 2.66. The first-order valence-corrected chi connectivity index (χ1v) is 10.9. The van der Waals surface area contributed by atoms with Crippen molar-refractivity contribution in [1.29, 1.82) is 0 Å². The quantitative estimate of drug-likeness (QED) is 0.681. The fraction of sp³-hybridized carbons (Fsp3) is 0.300. The topological polar surface area (TPSA) is 86.4 Å². The predicted molar refractivity (Wildman–Crippen MR) is 107 cm³/mol. The summed E-state index contributed by atoms with van der Waals surface area (Å²) in [6, 6.07) is 9.73. The zero-order valence-electron chi connectivity index (χ0n) is 16.2. The number of rotatable bonds is 4. The SMILES string of the molecule is CC(c1nc2ccccc2c(=O)[nH]1)N1CCN(S(=O)(=O)c2c(F)cccc2F)CC1. The van der Waals surface area contributed by atoms with Crippen LogP contribution >= 0.6 is 0 Å². The molecule has 7 nitrogen and oxygen atoms in total. The molecule has 0 aliphatic carbocycles. The molecule has 1 N–H and O–H groups in total. The molecule has 0 spiro atoms. The minimum absolute atomic E-state index is 0.0677. The monoisotopic (exact) mass is 434 g/mol. The summed E-state index contributed by atoms with van der Waals surface area (Å²) in [5.41, 5.74) is 0.345. The van der Waals surface area contributed by atoms with Gasteiger partial charge in [0, 0.05) is 26.2 Å². The van der Waals surface area contributed by atoms with Crippen molar-refractivity contribution in [2.24, 2.45) is 0 Å². The van der Waals surface area contributed by atoms with Gasteiger partial charge in [0.2, 0.25) is 10.0 Å². The minimum Gasteiger partial charge on any atom is -0.309 e. The summed E-state index contributed by atoms with van der Waals surface area (Å²) < 4.78 is 54.5. The molecule has 158 valence electrons. The molecule has 1 unspecified atom stereocenters. The average molecular weight is 434 g/mol. The van der Waals surface area contributed by atoms with Crippen molar-refractivity contribution >= 4 is 20.9 Å². The van der Waals surface area contributed by atoms with Crippen LogP contribution in [0.15, 0.2) is 52.2 Å². The first-order chi connectivity index (χ1) is 14.3. The first kappa shape index (κ1) is 20.6. The van der Waals surface area contributed by atoms with Crippen LogP contribution in [-0.2, 0) is 10.0 Å². The maximum Gasteiger partial charge on any atom is 0.258 e. The highest BCUT2D eigenvalue weighted by molar-refractivity contribution is 7.89. The van der Waals surface area contributed by atoms with Gasteiger partial charge >= 0.3 is 0 Å². The Labute approximate surface area is 172 Å². The van der Waals surface area contributed by atoms with Gasteiger partial charge in [0.15, 0.2) is 4.90 Å². The summed E-state index contributed by atoms with van der Waals surface area (Å²) in [6.07, 6.45) is 0. The van der Waals surface area contributed by atoms with Gasteiger partial charge in [-0.1, -0.05) is 18.2 Å². The van der Waals surface area contributed by atoms with E-state index in [4.69, 9.17) is 0 Å². The third-order valence-corrected chi connectivity index (χ3v) is 7.32. The number of H-pyrrole nitrogens is 1. The van der Waals surface area contributed by atoms with Crippen molar-refractivity contribution < 1.29 is 17.2 Å². The van der Waals surface area contributed by atoms with Crippen LogP contribution < -0.4 is 5.56 Å². The van der Waals surface area contributed by atoms with E-state index in [1.165, 1.54) is 0 Å². The molecule has 10 heteroatoms. The molecule has 1 fully saturated rings. The first-order valence-electron chi connectivity index (χ1n) is 9.46. The fourth-order valence-corrected chi connectivity index (χ4v) is 5.20. The fourth-order valence-electron chi connectivity index (χ4n) is 3.66. The number of fused-ring (bicyclic) bond motifs is 1. The smallest absolute Gasteiger partial charge is 0.258 e. The van der Waals surface area contributed by atoms with Crippen LogP contribution in [0.1, 0.15) is 18.8 Å². The van der Waals surface area contributed by atoms with Crippen molar-refractivity contribution in [3.05, 3.63) is 70.3 Å². The van der Waals surface area contributed by atoms with E-state index in [1.807, 2.05) is 11.8 Å². The summed E-state index contributed by atoms with van der Waals surface area (Å²) in [5, 5.41) is 0.497. The molecule has 1 aliphatic rings. The molecular formula is C20H20F2N4O3S. The van der Waals surface area contributed by atoms with E-state index in [1.54, 1.807) is 24.3 Å². The van der Waals surface area contributed by atoms with E-state index in [9.17, 15) is 22.0 Å². The van der Waals surface area contributed by atoms with Crippen molar-refractivity contribution in [2.75, 3.05) is 26.2 Å². The zero-order valence-corrected chi connectivity index (χ0v) is 17.0. The van der Waals surface area contributed by atoms with Gasteiger partial charge in [0.25, 0.3) is 5.56 Å². The number of hydrogen-bond donors (Lipinski definition) is 1. The Morgan fingerprint density at radius 2 is 1.63 bits per heavy atom. The van der Waals surface area contributed by atoms with E-state index < -0.39 is 26.6 Å². The summed E-state index contributed by atoms with van der Waals surface area (Å²) in [7, 11) is -4.29. The Hall–Kier alpha value is -2.69. The normalized spacial score (nSPS) is 17.3. The second-order valence-electron chi connectivity index (χ2n) is 7.14. The Morgan fingerprint density at radius 3 is 2.30 bits per heavy atom. The molecule has 30 heavy (non-hydrogen) atoms. The van der Waals surface area contributed by atoms with Gasteiger partial charge in [-0.2, -0.15) is 4.31 Å². The maximum atomic E-state index is 14.0. The molecule has 2 aromatic carbocycles. The van der Waals surface area contributed by atoms with Gasteiger partial charge in [0.1, 0.15) is 17.5 Å². The summed E-state index contributed by atoms with van der Waals surface area (Å²) in [4.78, 5) is 20.7. The summed E-state index contributed by atoms with van der Waals surface area (Å²) >= 11 is 0. The zero-order chi connectivity index (χ0) is 21.5. The number of sulfonamides is 1. The molecule has 3 aromatic rings. The number of piperazine rings is 1. The van der Waals surface area contributed by atoms with Crippen LogP contribution in [0.25, 0.3) is 10.9 Å². The lowest BCUT2D eigenvalue weighted by Gasteiger charge is -2.37. The molecule has 2 heterocycles. The molecule has 0 amide bonds. The standard InChI is InChI=1S/C20H20F2N4O3S/c1-13(19-23-17-8-3-2-5-14(17)20(27)24-19)25-9-11-26(12-10-25)30(28,29)18-15(21)6-4-7-16(18)22/h2-8,13H,9-12H2,1H3,(H,23,24,27). The highest BCUT2D eigenvalue weighted by Gasteiger charge is 2.34. The molecule has 4 rings (SSSR count). The van der Waals surface area contributed by atoms with Crippen LogP contribution in [0.4, 0.5) is 8.78 Å². The molecule has 1 saturated heterocycles. The Balaban J connectivity index is 1.53. The molecule has 0 bridgehead atoms. The van der Waals surface area contributed by atoms with Crippen molar-refractivity contribution in [1.82, 2.24) is 19.2 Å². The second kappa shape index (κ2) is 7.86. The van der Waals surface area contributed by atoms with Crippen molar-refractivity contribution in [3.8, 4) is 0 Å². The van der Waals surface area contributed by atoms with Crippen LogP contribution in [0, 0.1) is 11.6 Å². The highest BCUT2D eigenvalue weighted by Crippen LogP contribution is 2.25. The molecule has 0 radical (unpaired) electrons. The predicted octanol–water partition coefficient (Wildman–Crippen LogP) is 2.27. The van der Waals surface area contributed by atoms with Gasteiger partial charge in [-0.05, 0) is 31.2 Å². The Bertz CT molecular complexity index is 1230. The lowest BCUT2D eigenvalue weighted by Crippen LogP contribution is -2.49. The number of aromatic amines is 1. The molecule has 1 atom stereocenters. The lowest BCUT2D eigenvalue weighted by atomic mass is 10.2. The lowest BCUT2D eigenvalue weighted by molar-refractivity contribution is 0.141. The van der Waals surface area contributed by atoms with E-state index in [0.717, 1.165) is 22.5 Å². The number of para-hydroxylation sites is 1. The van der Waals surface area contributed by atoms with Gasteiger partial charge < -0.3 is 4.98 Å². The van der Waals surface area contributed by atoms with Gasteiger partial charge in [0.05, 0.1) is 16.9 Å². The largest absolute Gasteiger partial charge is 0.309 e. The Morgan fingerprint density at radius 1 is 1.00 bits per heavy atom. The van der Waals surface area contributed by atoms with Crippen LogP contribution in [0.3, 0.4) is 0 Å². The average Bonchev–Trinajstić information content (AvgIpc) is 2.73. The number of halogens is 2. The van der Waals surface area contributed by atoms with Crippen LogP contribution in [0.5, 0.6) is 0 Å². The number of nitrogens with one attached hydrogen (secondary N) is 1. The van der Waals surface area contributed by atoms with E-state index >= 15 is 0 Å². The minimum atomic E-state index is -4.29. The van der Waals surface area contributed by atoms with E-state index in [0.29, 0.717) is 29.8 Å². The Kier molecular flexibility index (Phi) is 5.39. The van der Waals surface area contributed by atoms with Crippen molar-refractivity contribution in [2.45, 2.75) is 17.9 Å². The third kappa shape index (κ3) is 3.62. The van der Waals surface area contributed by atoms with Gasteiger partial charge in [-0.25, -0.2) is 22.2 Å². The van der Waals surface area contributed by atoms with E-state index in [2.05, 4.69) is 9.97 Å². The number of hydrogen-bond acceptors (Lipinski definition) is 5. The third-order valence-electron chi connectivity index (χ3n) is 5.36. The highest BCUT2D eigenvalue weighted by atomic mass is 32.2. The second-order valence-corrected chi connectivity index (χ2v) is 9.01. The number of nitrogens with zero attached hydrogens (tertiary/aromatic N) is 3. The van der Waals surface area contributed by atoms with E-state index in [-0.39, 0.29) is 24.7 Å². The van der Waals surface area contributed by atoms with Crippen LogP contribution in [0.2, 0.25) is 0 Å². The van der Waals surface area contributed by atoms with Crippen molar-refractivity contribution in [3.63, 3.8) is 0 Å². The van der Waals surface area contributed by atoms with Crippen LogP contribution in [-0.4, -0.2) is 53.8 Å². The molecule has 1 aromatic heterocycles. The number of benzene rings is 2. The summed E-state index contributed by atoms with van der Waals surface area (Å²) in [5.74, 6) is -1.73.